The summed E-state index contributed by atoms with van der Waals surface area (Å²) in [4.78, 5) is 3.95. The van der Waals surface area contributed by atoms with Crippen molar-refractivity contribution in [2.75, 3.05) is 5.73 Å². The molecule has 1 heterocycles. The van der Waals surface area contributed by atoms with E-state index in [1.54, 1.807) is 24.4 Å². The van der Waals surface area contributed by atoms with Gasteiger partial charge in [-0.1, -0.05) is 17.7 Å². The molecule has 1 aromatic heterocycles. The fraction of sp³-hybridized carbons (Fsp3) is 0. The molecule has 0 saturated carbocycles. The molecule has 0 spiro atoms. The van der Waals surface area contributed by atoms with Crippen LogP contribution in [0.1, 0.15) is 0 Å². The van der Waals surface area contributed by atoms with Crippen molar-refractivity contribution in [2.45, 2.75) is 0 Å². The number of hydrogen-bond acceptors (Lipinski definition) is 3. The number of nitrogen functional groups attached to an aromatic ring is 1. The first-order valence-corrected chi connectivity index (χ1v) is 4.88. The standard InChI is InChI=1S/C11H8ClFN2O/c12-7-5-8(13)9(14)6-10(7)16-11-3-1-2-4-15-11/h1-6H,14H2. The number of ether oxygens (including phenoxy) is 1. The van der Waals surface area contributed by atoms with Gasteiger partial charge in [-0.2, -0.15) is 0 Å². The van der Waals surface area contributed by atoms with Crippen molar-refractivity contribution < 1.29 is 9.13 Å². The highest BCUT2D eigenvalue weighted by atomic mass is 35.5. The summed E-state index contributed by atoms with van der Waals surface area (Å²) in [6.45, 7) is 0. The normalized spacial score (nSPS) is 10.1. The topological polar surface area (TPSA) is 48.1 Å². The number of halogens is 2. The third-order valence-corrected chi connectivity index (χ3v) is 2.20. The third-order valence-electron chi connectivity index (χ3n) is 1.90. The molecule has 3 nitrogen and oxygen atoms in total. The second-order valence-electron chi connectivity index (χ2n) is 3.07. The SMILES string of the molecule is Nc1cc(Oc2ccccn2)c(Cl)cc1F. The van der Waals surface area contributed by atoms with Crippen LogP contribution in [0.4, 0.5) is 10.1 Å². The molecule has 0 atom stereocenters. The Morgan fingerprint density at radius 2 is 2.12 bits per heavy atom. The molecule has 5 heteroatoms. The van der Waals surface area contributed by atoms with E-state index in [0.29, 0.717) is 5.88 Å². The maximum atomic E-state index is 13.0. The summed E-state index contributed by atoms with van der Waals surface area (Å²) in [5.74, 6) is 0.0769. The monoisotopic (exact) mass is 238 g/mol. The molecule has 0 saturated heterocycles. The van der Waals surface area contributed by atoms with Gasteiger partial charge in [0.1, 0.15) is 11.6 Å². The van der Waals surface area contributed by atoms with E-state index in [4.69, 9.17) is 22.1 Å². The highest BCUT2D eigenvalue weighted by Crippen LogP contribution is 2.31. The molecule has 0 aliphatic carbocycles. The van der Waals surface area contributed by atoms with E-state index in [0.717, 1.165) is 6.07 Å². The maximum absolute atomic E-state index is 13.0. The summed E-state index contributed by atoms with van der Waals surface area (Å²) < 4.78 is 18.4. The Balaban J connectivity index is 2.32. The van der Waals surface area contributed by atoms with Crippen LogP contribution in [0.3, 0.4) is 0 Å². The summed E-state index contributed by atoms with van der Waals surface area (Å²) >= 11 is 5.80. The van der Waals surface area contributed by atoms with Crippen molar-refractivity contribution >= 4 is 17.3 Å². The van der Waals surface area contributed by atoms with Crippen molar-refractivity contribution in [1.82, 2.24) is 4.98 Å². The molecule has 0 aliphatic rings. The van der Waals surface area contributed by atoms with E-state index in [2.05, 4.69) is 4.98 Å². The molecule has 2 rings (SSSR count). The van der Waals surface area contributed by atoms with Crippen molar-refractivity contribution in [2.24, 2.45) is 0 Å². The molecule has 0 unspecified atom stereocenters. The first-order chi connectivity index (χ1) is 7.66. The summed E-state index contributed by atoms with van der Waals surface area (Å²) in [5.41, 5.74) is 5.39. The van der Waals surface area contributed by atoms with Crippen molar-refractivity contribution in [1.29, 1.82) is 0 Å². The molecule has 0 fully saturated rings. The molecular formula is C11H8ClFN2O. The number of nitrogens with two attached hydrogens (primary N) is 1. The fourth-order valence-corrected chi connectivity index (χ4v) is 1.33. The lowest BCUT2D eigenvalue weighted by Crippen LogP contribution is -1.94. The van der Waals surface area contributed by atoms with Gasteiger partial charge in [0.25, 0.3) is 0 Å². The van der Waals surface area contributed by atoms with E-state index < -0.39 is 5.82 Å². The Hall–Kier alpha value is -1.81. The zero-order valence-electron chi connectivity index (χ0n) is 8.15. The minimum atomic E-state index is -0.571. The molecule has 1 aromatic carbocycles. The van der Waals surface area contributed by atoms with Crippen LogP contribution in [0, 0.1) is 5.82 Å². The molecular weight excluding hydrogens is 231 g/mol. The molecule has 2 aromatic rings. The lowest BCUT2D eigenvalue weighted by atomic mass is 10.3. The number of benzene rings is 1. The first kappa shape index (κ1) is 10.7. The summed E-state index contributed by atoms with van der Waals surface area (Å²) in [6, 6.07) is 7.62. The highest BCUT2D eigenvalue weighted by Gasteiger charge is 2.08. The van der Waals surface area contributed by atoms with Gasteiger partial charge in [0.05, 0.1) is 10.7 Å². The highest BCUT2D eigenvalue weighted by molar-refractivity contribution is 6.32. The second-order valence-corrected chi connectivity index (χ2v) is 3.48. The van der Waals surface area contributed by atoms with Gasteiger partial charge in [-0.3, -0.25) is 0 Å². The summed E-state index contributed by atoms with van der Waals surface area (Å²) in [7, 11) is 0. The zero-order chi connectivity index (χ0) is 11.5. The largest absolute Gasteiger partial charge is 0.437 e. The van der Waals surface area contributed by atoms with Gasteiger partial charge in [-0.15, -0.1) is 0 Å². The molecule has 82 valence electrons. The Bertz CT molecular complexity index is 505. The number of pyridine rings is 1. The van der Waals surface area contributed by atoms with E-state index in [1.165, 1.54) is 6.07 Å². The van der Waals surface area contributed by atoms with Gasteiger partial charge in [0.15, 0.2) is 0 Å². The molecule has 0 bridgehead atoms. The molecule has 0 amide bonds. The van der Waals surface area contributed by atoms with E-state index in [-0.39, 0.29) is 16.5 Å². The van der Waals surface area contributed by atoms with Gasteiger partial charge in [0, 0.05) is 18.3 Å². The Labute approximate surface area is 96.6 Å². The Kier molecular flexibility index (Phi) is 2.92. The van der Waals surface area contributed by atoms with Crippen LogP contribution < -0.4 is 10.5 Å². The van der Waals surface area contributed by atoms with Crippen molar-refractivity contribution in [3.63, 3.8) is 0 Å². The zero-order valence-corrected chi connectivity index (χ0v) is 8.91. The maximum Gasteiger partial charge on any atom is 0.219 e. The van der Waals surface area contributed by atoms with Gasteiger partial charge in [-0.25, -0.2) is 9.37 Å². The van der Waals surface area contributed by atoms with E-state index in [9.17, 15) is 4.39 Å². The van der Waals surface area contributed by atoms with E-state index in [1.807, 2.05) is 0 Å². The lowest BCUT2D eigenvalue weighted by Gasteiger charge is -2.07. The van der Waals surface area contributed by atoms with Crippen LogP contribution in [0.15, 0.2) is 36.5 Å². The number of nitrogens with zero attached hydrogens (tertiary/aromatic N) is 1. The first-order valence-electron chi connectivity index (χ1n) is 4.50. The fourth-order valence-electron chi connectivity index (χ4n) is 1.14. The smallest absolute Gasteiger partial charge is 0.219 e. The Morgan fingerprint density at radius 1 is 1.31 bits per heavy atom. The number of rotatable bonds is 2. The van der Waals surface area contributed by atoms with Crippen LogP contribution in [0.5, 0.6) is 11.6 Å². The predicted octanol–water partition coefficient (Wildman–Crippen LogP) is 3.25. The van der Waals surface area contributed by atoms with Crippen LogP contribution in [-0.4, -0.2) is 4.98 Å². The summed E-state index contributed by atoms with van der Waals surface area (Å²) in [5, 5.41) is 0.150. The molecule has 0 aliphatic heterocycles. The van der Waals surface area contributed by atoms with Crippen LogP contribution in [0.2, 0.25) is 5.02 Å². The van der Waals surface area contributed by atoms with Crippen LogP contribution >= 0.6 is 11.6 Å². The third kappa shape index (κ3) is 2.23. The molecule has 16 heavy (non-hydrogen) atoms. The van der Waals surface area contributed by atoms with E-state index >= 15 is 0 Å². The quantitative estimate of drug-likeness (QED) is 0.817. The Morgan fingerprint density at radius 3 is 2.81 bits per heavy atom. The van der Waals surface area contributed by atoms with Crippen molar-refractivity contribution in [3.8, 4) is 11.6 Å². The predicted molar refractivity (Wildman–Crippen MR) is 60.1 cm³/mol. The van der Waals surface area contributed by atoms with Crippen LogP contribution in [0.25, 0.3) is 0 Å². The second kappa shape index (κ2) is 4.37. The lowest BCUT2D eigenvalue weighted by molar-refractivity contribution is 0.462. The van der Waals surface area contributed by atoms with Gasteiger partial charge in [-0.05, 0) is 12.1 Å². The minimum absolute atomic E-state index is 0.0182. The van der Waals surface area contributed by atoms with Crippen molar-refractivity contribution in [3.05, 3.63) is 47.4 Å². The average Bonchev–Trinajstić information content (AvgIpc) is 2.27. The van der Waals surface area contributed by atoms with Gasteiger partial charge >= 0.3 is 0 Å². The van der Waals surface area contributed by atoms with Gasteiger partial charge in [0.2, 0.25) is 5.88 Å². The number of hydrogen-bond donors (Lipinski definition) is 1. The minimum Gasteiger partial charge on any atom is -0.437 e. The van der Waals surface area contributed by atoms with Gasteiger partial charge < -0.3 is 10.5 Å². The van der Waals surface area contributed by atoms with Crippen LogP contribution in [-0.2, 0) is 0 Å². The number of anilines is 1. The average molecular weight is 239 g/mol. The molecule has 0 radical (unpaired) electrons. The number of aromatic nitrogens is 1. The molecule has 2 N–H and O–H groups in total. The summed E-state index contributed by atoms with van der Waals surface area (Å²) in [6.07, 6.45) is 1.58.